The quantitative estimate of drug-likeness (QED) is 0.560. The zero-order valence-corrected chi connectivity index (χ0v) is 16.0. The summed E-state index contributed by atoms with van der Waals surface area (Å²) in [6, 6.07) is 10.0. The number of benzene rings is 1. The summed E-state index contributed by atoms with van der Waals surface area (Å²) in [7, 11) is -3.57. The van der Waals surface area contributed by atoms with Gasteiger partial charge in [-0.3, -0.25) is 4.99 Å². The summed E-state index contributed by atoms with van der Waals surface area (Å²) in [4.78, 5) is 4.13. The van der Waals surface area contributed by atoms with E-state index in [4.69, 9.17) is 0 Å². The summed E-state index contributed by atoms with van der Waals surface area (Å²) in [5.41, 5.74) is -4.03. The van der Waals surface area contributed by atoms with Crippen molar-refractivity contribution in [1.82, 2.24) is 14.9 Å². The molecule has 27 heavy (non-hydrogen) atoms. The highest BCUT2D eigenvalue weighted by molar-refractivity contribution is 7.90. The average Bonchev–Trinajstić information content (AvgIpc) is 2.65. The van der Waals surface area contributed by atoms with Gasteiger partial charge in [0.15, 0.2) is 5.96 Å². The molecule has 0 aromatic heterocycles. The van der Waals surface area contributed by atoms with Crippen LogP contribution in [-0.4, -0.2) is 57.4 Å². The van der Waals surface area contributed by atoms with E-state index in [0.29, 0.717) is 36.2 Å². The van der Waals surface area contributed by atoms with Crippen molar-refractivity contribution < 1.29 is 21.6 Å². The third kappa shape index (κ3) is 6.10. The largest absolute Gasteiger partial charge is 0.511 e. The maximum absolute atomic E-state index is 12.6. The fourth-order valence-electron chi connectivity index (χ4n) is 2.93. The van der Waals surface area contributed by atoms with E-state index in [1.165, 1.54) is 5.56 Å². The van der Waals surface area contributed by atoms with Crippen LogP contribution in [0.2, 0.25) is 0 Å². The molecular formula is C17H25F3N4O2S. The smallest absolute Gasteiger partial charge is 0.356 e. The van der Waals surface area contributed by atoms with Gasteiger partial charge in [0.1, 0.15) is 0 Å². The van der Waals surface area contributed by atoms with E-state index < -0.39 is 15.5 Å². The normalized spacial score (nSPS) is 17.7. The Morgan fingerprint density at radius 1 is 1.19 bits per heavy atom. The lowest BCUT2D eigenvalue weighted by atomic mass is 9.98. The number of hydrogen-bond acceptors (Lipinski definition) is 3. The van der Waals surface area contributed by atoms with Crippen LogP contribution in [0.15, 0.2) is 35.3 Å². The van der Waals surface area contributed by atoms with Crippen LogP contribution < -0.4 is 10.6 Å². The highest BCUT2D eigenvalue weighted by Crippen LogP contribution is 2.30. The number of rotatable bonds is 6. The van der Waals surface area contributed by atoms with Crippen molar-refractivity contribution in [2.75, 3.05) is 33.2 Å². The Morgan fingerprint density at radius 3 is 2.37 bits per heavy atom. The van der Waals surface area contributed by atoms with Crippen molar-refractivity contribution >= 4 is 16.0 Å². The van der Waals surface area contributed by atoms with Crippen LogP contribution in [0.4, 0.5) is 13.2 Å². The van der Waals surface area contributed by atoms with Gasteiger partial charge >= 0.3 is 15.5 Å². The van der Waals surface area contributed by atoms with Gasteiger partial charge in [-0.25, -0.2) is 8.42 Å². The number of alkyl halides is 3. The molecule has 2 rings (SSSR count). The molecule has 6 nitrogen and oxygen atoms in total. The molecule has 2 N–H and O–H groups in total. The number of nitrogens with one attached hydrogen (secondary N) is 2. The highest BCUT2D eigenvalue weighted by atomic mass is 32.2. The van der Waals surface area contributed by atoms with Crippen molar-refractivity contribution in [3.8, 4) is 0 Å². The Kier molecular flexibility index (Phi) is 7.49. The molecule has 152 valence electrons. The van der Waals surface area contributed by atoms with Gasteiger partial charge in [0.2, 0.25) is 0 Å². The summed E-state index contributed by atoms with van der Waals surface area (Å²) in [5, 5.41) is 6.35. The minimum Gasteiger partial charge on any atom is -0.356 e. The lowest BCUT2D eigenvalue weighted by Crippen LogP contribution is -2.47. The summed E-state index contributed by atoms with van der Waals surface area (Å²) < 4.78 is 61.1. The van der Waals surface area contributed by atoms with E-state index in [2.05, 4.69) is 15.6 Å². The van der Waals surface area contributed by atoms with Gasteiger partial charge in [-0.1, -0.05) is 30.3 Å². The molecule has 0 radical (unpaired) electrons. The number of guanidine groups is 1. The van der Waals surface area contributed by atoms with Gasteiger partial charge in [0.05, 0.1) is 0 Å². The first-order valence-electron chi connectivity index (χ1n) is 8.79. The first kappa shape index (κ1) is 21.5. The maximum atomic E-state index is 12.6. The molecule has 1 aliphatic heterocycles. The third-order valence-corrected chi connectivity index (χ3v) is 6.17. The van der Waals surface area contributed by atoms with Crippen molar-refractivity contribution in [2.45, 2.75) is 24.8 Å². The fourth-order valence-corrected chi connectivity index (χ4v) is 3.92. The molecule has 0 saturated carbocycles. The lowest BCUT2D eigenvalue weighted by molar-refractivity contribution is -0.0496. The van der Waals surface area contributed by atoms with Crippen LogP contribution in [0.5, 0.6) is 0 Å². The van der Waals surface area contributed by atoms with Gasteiger partial charge in [0, 0.05) is 33.2 Å². The second-order valence-corrected chi connectivity index (χ2v) is 8.34. The minimum absolute atomic E-state index is 0.0948. The molecule has 1 aromatic carbocycles. The molecule has 1 heterocycles. The van der Waals surface area contributed by atoms with Gasteiger partial charge < -0.3 is 10.6 Å². The van der Waals surface area contributed by atoms with Crippen molar-refractivity contribution in [1.29, 1.82) is 0 Å². The van der Waals surface area contributed by atoms with Crippen molar-refractivity contribution in [2.24, 2.45) is 10.9 Å². The number of sulfonamides is 1. The van der Waals surface area contributed by atoms with Crippen molar-refractivity contribution in [3.05, 3.63) is 35.9 Å². The molecule has 0 atom stereocenters. The lowest BCUT2D eigenvalue weighted by Gasteiger charge is -2.31. The molecule has 0 amide bonds. The Balaban J connectivity index is 1.72. The second-order valence-electron chi connectivity index (χ2n) is 6.41. The second kappa shape index (κ2) is 9.41. The number of nitrogens with zero attached hydrogens (tertiary/aromatic N) is 2. The van der Waals surface area contributed by atoms with E-state index in [1.54, 1.807) is 7.05 Å². The molecule has 1 saturated heterocycles. The van der Waals surface area contributed by atoms with Crippen LogP contribution in [0.25, 0.3) is 0 Å². The minimum atomic E-state index is -5.23. The highest BCUT2D eigenvalue weighted by Gasteiger charge is 2.50. The Labute approximate surface area is 157 Å². The molecule has 1 fully saturated rings. The van der Waals surface area contributed by atoms with E-state index in [-0.39, 0.29) is 19.0 Å². The first-order chi connectivity index (χ1) is 12.7. The van der Waals surface area contributed by atoms with Crippen molar-refractivity contribution in [3.63, 3.8) is 0 Å². The Hall–Kier alpha value is -1.81. The number of aliphatic imine (C=N–C) groups is 1. The summed E-state index contributed by atoms with van der Waals surface area (Å²) >= 11 is 0. The van der Waals surface area contributed by atoms with Crippen LogP contribution in [0.1, 0.15) is 18.4 Å². The molecular weight excluding hydrogens is 381 g/mol. The predicted octanol–water partition coefficient (Wildman–Crippen LogP) is 1.96. The fraction of sp³-hybridized carbons (Fsp3) is 0.588. The zero-order chi connectivity index (χ0) is 19.9. The molecule has 1 aliphatic rings. The summed E-state index contributed by atoms with van der Waals surface area (Å²) in [6.07, 6.45) is 1.60. The standard InChI is InChI=1S/C17H25F3N4O2S/c1-21-16(22-10-7-14-5-3-2-4-6-14)23-13-15-8-11-24(12-9-15)27(25,26)17(18,19)20/h2-6,15H,7-13H2,1H3,(H2,21,22,23). The molecule has 10 heteroatoms. The predicted molar refractivity (Wildman–Crippen MR) is 98.8 cm³/mol. The van der Waals surface area contributed by atoms with Crippen LogP contribution >= 0.6 is 0 Å². The van der Waals surface area contributed by atoms with Crippen LogP contribution in [0, 0.1) is 5.92 Å². The van der Waals surface area contributed by atoms with E-state index in [1.807, 2.05) is 30.3 Å². The number of halogens is 3. The monoisotopic (exact) mass is 406 g/mol. The van der Waals surface area contributed by atoms with Gasteiger partial charge in [-0.15, -0.1) is 0 Å². The number of hydrogen-bond donors (Lipinski definition) is 2. The van der Waals surface area contributed by atoms with Crippen LogP contribution in [0.3, 0.4) is 0 Å². The van der Waals surface area contributed by atoms with Gasteiger partial charge in [-0.05, 0) is 30.7 Å². The van der Waals surface area contributed by atoms with Gasteiger partial charge in [-0.2, -0.15) is 17.5 Å². The first-order valence-corrected chi connectivity index (χ1v) is 10.2. The van der Waals surface area contributed by atoms with E-state index >= 15 is 0 Å². The number of piperidine rings is 1. The molecule has 0 spiro atoms. The van der Waals surface area contributed by atoms with E-state index in [9.17, 15) is 21.6 Å². The van der Waals surface area contributed by atoms with Crippen LogP contribution in [-0.2, 0) is 16.4 Å². The molecule has 0 aliphatic carbocycles. The molecule has 0 unspecified atom stereocenters. The Bertz CT molecular complexity index is 715. The molecule has 0 bridgehead atoms. The molecule has 1 aromatic rings. The summed E-state index contributed by atoms with van der Waals surface area (Å²) in [6.45, 7) is 0.999. The zero-order valence-electron chi connectivity index (χ0n) is 15.2. The average molecular weight is 406 g/mol. The Morgan fingerprint density at radius 2 is 1.81 bits per heavy atom. The summed E-state index contributed by atoms with van der Waals surface area (Å²) in [5.74, 6) is 0.716. The SMILES string of the molecule is CN=C(NCCc1ccccc1)NCC1CCN(S(=O)(=O)C(F)(F)F)CC1. The third-order valence-electron chi connectivity index (χ3n) is 4.54. The van der Waals surface area contributed by atoms with Gasteiger partial charge in [0.25, 0.3) is 0 Å². The van der Waals surface area contributed by atoms with E-state index in [0.717, 1.165) is 6.42 Å². The topological polar surface area (TPSA) is 73.8 Å². The maximum Gasteiger partial charge on any atom is 0.511 e.